The summed E-state index contributed by atoms with van der Waals surface area (Å²) >= 11 is 0. The first kappa shape index (κ1) is 5.88. The smallest absolute Gasteiger partial charge is 0.151 e. The summed E-state index contributed by atoms with van der Waals surface area (Å²) < 4.78 is 0. The fourth-order valence-corrected chi connectivity index (χ4v) is 0.623. The molecule has 1 unspecified atom stereocenters. The molecule has 0 aromatic heterocycles. The van der Waals surface area contributed by atoms with Gasteiger partial charge in [0.05, 0.1) is 5.71 Å². The molecule has 1 atom stereocenters. The highest BCUT2D eigenvalue weighted by Crippen LogP contribution is 2.02. The third-order valence-corrected chi connectivity index (χ3v) is 1.11. The zero-order valence-electron chi connectivity index (χ0n) is 4.74. The van der Waals surface area contributed by atoms with Crippen LogP contribution in [0.5, 0.6) is 0 Å². The highest BCUT2D eigenvalue weighted by molar-refractivity contribution is 5.99. The minimum absolute atomic E-state index is 0.257. The van der Waals surface area contributed by atoms with E-state index >= 15 is 0 Å². The Labute approximate surface area is 52.6 Å². The lowest BCUT2D eigenvalue weighted by atomic mass is 10.1. The first-order valence-electron chi connectivity index (χ1n) is 2.60. The monoisotopic (exact) mass is 122 g/mol. The predicted molar refractivity (Wildman–Crippen MR) is 35.6 cm³/mol. The third kappa shape index (κ3) is 1.10. The van der Waals surface area contributed by atoms with Gasteiger partial charge in [-0.1, -0.05) is 23.4 Å². The molecule has 0 saturated heterocycles. The van der Waals surface area contributed by atoms with Crippen LogP contribution in [0.15, 0.2) is 29.5 Å². The summed E-state index contributed by atoms with van der Waals surface area (Å²) in [7, 11) is 0. The Bertz CT molecular complexity index is 193. The van der Waals surface area contributed by atoms with Gasteiger partial charge in [0.2, 0.25) is 0 Å². The van der Waals surface area contributed by atoms with Crippen LogP contribution in [0.3, 0.4) is 0 Å². The lowest BCUT2D eigenvalue weighted by Gasteiger charge is -2.02. The second-order valence-corrected chi connectivity index (χ2v) is 1.75. The largest absolute Gasteiger partial charge is 0.303 e. The van der Waals surface area contributed by atoms with Crippen molar-refractivity contribution in [2.75, 3.05) is 0 Å². The molecule has 0 bridgehead atoms. The van der Waals surface area contributed by atoms with Crippen molar-refractivity contribution < 1.29 is 0 Å². The molecule has 1 N–H and O–H groups in total. The maximum atomic E-state index is 9.89. The highest BCUT2D eigenvalue weighted by Gasteiger charge is 2.09. The van der Waals surface area contributed by atoms with Crippen LogP contribution < -0.4 is 0 Å². The van der Waals surface area contributed by atoms with E-state index in [1.807, 2.05) is 0 Å². The molecule has 1 aliphatic rings. The van der Waals surface area contributed by atoms with Crippen molar-refractivity contribution >= 4 is 5.71 Å². The molecule has 0 aliphatic heterocycles. The molecule has 0 aromatic carbocycles. The summed E-state index contributed by atoms with van der Waals surface area (Å²) in [5, 5.41) is 9.83. The predicted octanol–water partition coefficient (Wildman–Crippen LogP) is 1.27. The van der Waals surface area contributed by atoms with Crippen LogP contribution in [0, 0.1) is 10.3 Å². The zero-order valence-corrected chi connectivity index (χ0v) is 4.74. The molecule has 0 saturated carbocycles. The van der Waals surface area contributed by atoms with Crippen LogP contribution in [0.4, 0.5) is 0 Å². The standard InChI is InChI=1S/C6H6N2O/c7-5-3-1-2-4-6(5)8-9/h1-4,6-7H. The third-order valence-electron chi connectivity index (χ3n) is 1.11. The summed E-state index contributed by atoms with van der Waals surface area (Å²) in [6, 6.07) is -0.560. The van der Waals surface area contributed by atoms with Gasteiger partial charge in [-0.2, -0.15) is 0 Å². The van der Waals surface area contributed by atoms with E-state index < -0.39 is 6.04 Å². The molecule has 1 rings (SSSR count). The van der Waals surface area contributed by atoms with Crippen LogP contribution in [0.2, 0.25) is 0 Å². The van der Waals surface area contributed by atoms with Gasteiger partial charge in [-0.15, -0.1) is 4.91 Å². The van der Waals surface area contributed by atoms with Crippen LogP contribution in [-0.4, -0.2) is 11.8 Å². The zero-order chi connectivity index (χ0) is 6.69. The van der Waals surface area contributed by atoms with E-state index in [1.165, 1.54) is 0 Å². The van der Waals surface area contributed by atoms with E-state index in [1.54, 1.807) is 24.3 Å². The molecule has 0 radical (unpaired) electrons. The summed E-state index contributed by atoms with van der Waals surface area (Å²) in [5.41, 5.74) is 0.257. The van der Waals surface area contributed by atoms with Gasteiger partial charge < -0.3 is 5.41 Å². The molecular formula is C6H6N2O. The Kier molecular flexibility index (Phi) is 1.53. The average Bonchev–Trinajstić information content (AvgIpc) is 1.89. The Morgan fingerprint density at radius 3 is 2.78 bits per heavy atom. The Hall–Kier alpha value is -1.25. The number of nitrogens with zero attached hydrogens (tertiary/aromatic N) is 1. The fourth-order valence-electron chi connectivity index (χ4n) is 0.623. The maximum Gasteiger partial charge on any atom is 0.151 e. The summed E-state index contributed by atoms with van der Waals surface area (Å²) in [6.07, 6.45) is 6.58. The molecule has 1 aliphatic carbocycles. The summed E-state index contributed by atoms with van der Waals surface area (Å²) in [5.74, 6) is 0. The first-order chi connectivity index (χ1) is 4.34. The van der Waals surface area contributed by atoms with E-state index in [-0.39, 0.29) is 5.71 Å². The number of hydrogen-bond acceptors (Lipinski definition) is 3. The quantitative estimate of drug-likeness (QED) is 0.523. The number of rotatable bonds is 1. The average molecular weight is 122 g/mol. The van der Waals surface area contributed by atoms with E-state index in [0.29, 0.717) is 0 Å². The van der Waals surface area contributed by atoms with Crippen molar-refractivity contribution in [3.63, 3.8) is 0 Å². The van der Waals surface area contributed by atoms with Crippen LogP contribution in [0.25, 0.3) is 0 Å². The summed E-state index contributed by atoms with van der Waals surface area (Å²) in [4.78, 5) is 9.89. The molecule has 3 heteroatoms. The second-order valence-electron chi connectivity index (χ2n) is 1.75. The SMILES string of the molecule is N=C1C=CC=CC1N=O. The number of nitrogens with one attached hydrogen (secondary N) is 1. The second kappa shape index (κ2) is 2.35. The Morgan fingerprint density at radius 2 is 2.33 bits per heavy atom. The highest BCUT2D eigenvalue weighted by atomic mass is 16.3. The molecule has 9 heavy (non-hydrogen) atoms. The van der Waals surface area contributed by atoms with Gasteiger partial charge in [-0.3, -0.25) is 0 Å². The van der Waals surface area contributed by atoms with Gasteiger partial charge in [-0.05, 0) is 6.08 Å². The number of hydrogen-bond donors (Lipinski definition) is 1. The van der Waals surface area contributed by atoms with Crippen LogP contribution in [-0.2, 0) is 0 Å². The normalized spacial score (nSPS) is 24.4. The minimum atomic E-state index is -0.560. The van der Waals surface area contributed by atoms with Gasteiger partial charge in [0.15, 0.2) is 6.04 Å². The van der Waals surface area contributed by atoms with Gasteiger partial charge in [-0.25, -0.2) is 0 Å². The van der Waals surface area contributed by atoms with E-state index in [9.17, 15) is 4.91 Å². The lowest BCUT2D eigenvalue weighted by molar-refractivity contribution is 1.05. The molecule has 46 valence electrons. The first-order valence-corrected chi connectivity index (χ1v) is 2.60. The van der Waals surface area contributed by atoms with Gasteiger partial charge in [0, 0.05) is 0 Å². The van der Waals surface area contributed by atoms with Crippen LogP contribution in [0.1, 0.15) is 0 Å². The van der Waals surface area contributed by atoms with E-state index in [0.717, 1.165) is 0 Å². The van der Waals surface area contributed by atoms with Gasteiger partial charge in [0.25, 0.3) is 0 Å². The minimum Gasteiger partial charge on any atom is -0.303 e. The Morgan fingerprint density at radius 1 is 1.56 bits per heavy atom. The lowest BCUT2D eigenvalue weighted by Crippen LogP contribution is -2.13. The van der Waals surface area contributed by atoms with Crippen molar-refractivity contribution in [2.24, 2.45) is 5.18 Å². The van der Waals surface area contributed by atoms with Crippen molar-refractivity contribution in [2.45, 2.75) is 6.04 Å². The number of nitroso groups, excluding NO2 is 1. The molecule has 3 nitrogen and oxygen atoms in total. The molecule has 0 fully saturated rings. The van der Waals surface area contributed by atoms with Gasteiger partial charge >= 0.3 is 0 Å². The van der Waals surface area contributed by atoms with E-state index in [2.05, 4.69) is 5.18 Å². The topological polar surface area (TPSA) is 53.3 Å². The van der Waals surface area contributed by atoms with Gasteiger partial charge in [0.1, 0.15) is 0 Å². The van der Waals surface area contributed by atoms with E-state index in [4.69, 9.17) is 5.41 Å². The van der Waals surface area contributed by atoms with Crippen molar-refractivity contribution in [3.05, 3.63) is 29.2 Å². The summed E-state index contributed by atoms with van der Waals surface area (Å²) in [6.45, 7) is 0. The maximum absolute atomic E-state index is 9.89. The number of allylic oxidation sites excluding steroid dienone is 2. The molecule has 0 spiro atoms. The van der Waals surface area contributed by atoms with Crippen LogP contribution >= 0.6 is 0 Å². The molecule has 0 amide bonds. The van der Waals surface area contributed by atoms with Crippen molar-refractivity contribution in [1.29, 1.82) is 5.41 Å². The van der Waals surface area contributed by atoms with Crippen molar-refractivity contribution in [3.8, 4) is 0 Å². The van der Waals surface area contributed by atoms with Crippen molar-refractivity contribution in [1.82, 2.24) is 0 Å². The molecule has 0 aromatic rings. The Balaban J connectivity index is 2.77. The molecule has 0 heterocycles. The fraction of sp³-hybridized carbons (Fsp3) is 0.167. The molecular weight excluding hydrogens is 116 g/mol.